The molecule has 0 atom stereocenters. The second-order valence-corrected chi connectivity index (χ2v) is 4.08. The third kappa shape index (κ3) is 2.80. The van der Waals surface area contributed by atoms with Crippen molar-refractivity contribution in [1.29, 1.82) is 0 Å². The van der Waals surface area contributed by atoms with Crippen molar-refractivity contribution in [2.75, 3.05) is 18.2 Å². The maximum Gasteiger partial charge on any atom is 0.337 e. The van der Waals surface area contributed by atoms with Gasteiger partial charge in [0.1, 0.15) is 11.6 Å². The van der Waals surface area contributed by atoms with Gasteiger partial charge >= 0.3 is 5.97 Å². The molecule has 0 aromatic heterocycles. The van der Waals surface area contributed by atoms with Gasteiger partial charge in [-0.3, -0.25) is 0 Å². The van der Waals surface area contributed by atoms with Gasteiger partial charge in [-0.1, -0.05) is 0 Å². The SMILES string of the molecule is COc1ccc(Nc2cc(C(=O)O)c(N)cc2F)cc1. The normalized spacial score (nSPS) is 10.1. The van der Waals surface area contributed by atoms with Gasteiger partial charge in [0.15, 0.2) is 0 Å². The summed E-state index contributed by atoms with van der Waals surface area (Å²) in [5, 5.41) is 11.8. The van der Waals surface area contributed by atoms with Crippen LogP contribution in [-0.4, -0.2) is 18.2 Å². The third-order valence-electron chi connectivity index (χ3n) is 2.74. The van der Waals surface area contributed by atoms with Crippen molar-refractivity contribution in [1.82, 2.24) is 0 Å². The number of methoxy groups -OCH3 is 1. The molecule has 0 bridgehead atoms. The summed E-state index contributed by atoms with van der Waals surface area (Å²) in [4.78, 5) is 11.0. The summed E-state index contributed by atoms with van der Waals surface area (Å²) in [6, 6.07) is 8.93. The second-order valence-electron chi connectivity index (χ2n) is 4.08. The van der Waals surface area contributed by atoms with Crippen LogP contribution in [0.1, 0.15) is 10.4 Å². The van der Waals surface area contributed by atoms with Crippen molar-refractivity contribution >= 4 is 23.0 Å². The highest BCUT2D eigenvalue weighted by molar-refractivity contribution is 5.95. The minimum Gasteiger partial charge on any atom is -0.497 e. The summed E-state index contributed by atoms with van der Waals surface area (Å²) < 4.78 is 18.8. The van der Waals surface area contributed by atoms with Crippen LogP contribution in [0, 0.1) is 5.82 Å². The molecule has 0 saturated heterocycles. The van der Waals surface area contributed by atoms with E-state index in [0.717, 1.165) is 12.1 Å². The average Bonchev–Trinajstić information content (AvgIpc) is 2.42. The zero-order valence-electron chi connectivity index (χ0n) is 10.7. The number of carbonyl (C=O) groups is 1. The molecule has 0 aliphatic heterocycles. The lowest BCUT2D eigenvalue weighted by atomic mass is 10.1. The summed E-state index contributed by atoms with van der Waals surface area (Å²) >= 11 is 0. The quantitative estimate of drug-likeness (QED) is 0.748. The third-order valence-corrected chi connectivity index (χ3v) is 2.74. The van der Waals surface area contributed by atoms with Crippen LogP contribution in [0.5, 0.6) is 5.75 Å². The molecule has 6 heteroatoms. The van der Waals surface area contributed by atoms with Gasteiger partial charge in [-0.2, -0.15) is 0 Å². The number of hydrogen-bond donors (Lipinski definition) is 3. The number of ether oxygens (including phenoxy) is 1. The van der Waals surface area contributed by atoms with Crippen LogP contribution < -0.4 is 15.8 Å². The smallest absolute Gasteiger partial charge is 0.337 e. The lowest BCUT2D eigenvalue weighted by Crippen LogP contribution is -2.05. The highest BCUT2D eigenvalue weighted by Gasteiger charge is 2.13. The Morgan fingerprint density at radius 1 is 1.30 bits per heavy atom. The Morgan fingerprint density at radius 2 is 1.95 bits per heavy atom. The van der Waals surface area contributed by atoms with E-state index in [-0.39, 0.29) is 16.9 Å². The Balaban J connectivity index is 2.32. The van der Waals surface area contributed by atoms with E-state index in [9.17, 15) is 9.18 Å². The maximum absolute atomic E-state index is 13.8. The number of anilines is 3. The largest absolute Gasteiger partial charge is 0.497 e. The van der Waals surface area contributed by atoms with Crippen molar-refractivity contribution < 1.29 is 19.0 Å². The molecule has 5 nitrogen and oxygen atoms in total. The van der Waals surface area contributed by atoms with E-state index < -0.39 is 11.8 Å². The van der Waals surface area contributed by atoms with Crippen LogP contribution in [-0.2, 0) is 0 Å². The Labute approximate surface area is 114 Å². The first-order valence-corrected chi connectivity index (χ1v) is 5.74. The number of benzene rings is 2. The standard InChI is InChI=1S/C14H13FN2O3/c1-20-9-4-2-8(3-5-9)17-13-6-10(14(18)19)12(16)7-11(13)15/h2-7,17H,16H2,1H3,(H,18,19). The first kappa shape index (κ1) is 13.7. The summed E-state index contributed by atoms with van der Waals surface area (Å²) in [6.45, 7) is 0. The molecule has 0 unspecified atom stereocenters. The van der Waals surface area contributed by atoms with Gasteiger partial charge in [0.25, 0.3) is 0 Å². The van der Waals surface area contributed by atoms with E-state index in [1.54, 1.807) is 31.4 Å². The van der Waals surface area contributed by atoms with Crippen LogP contribution >= 0.6 is 0 Å². The molecular formula is C14H13FN2O3. The average molecular weight is 276 g/mol. The summed E-state index contributed by atoms with van der Waals surface area (Å²) in [5.74, 6) is -1.16. The molecule has 0 spiro atoms. The van der Waals surface area contributed by atoms with Gasteiger partial charge < -0.3 is 20.9 Å². The first-order valence-electron chi connectivity index (χ1n) is 5.74. The predicted molar refractivity (Wildman–Crippen MR) is 74.0 cm³/mol. The van der Waals surface area contributed by atoms with Gasteiger partial charge in [0.2, 0.25) is 0 Å². The second kappa shape index (κ2) is 5.48. The molecule has 0 amide bonds. The topological polar surface area (TPSA) is 84.6 Å². The van der Waals surface area contributed by atoms with Crippen molar-refractivity contribution in [2.45, 2.75) is 0 Å². The fraction of sp³-hybridized carbons (Fsp3) is 0.0714. The van der Waals surface area contributed by atoms with E-state index >= 15 is 0 Å². The molecule has 2 aromatic rings. The fourth-order valence-corrected chi connectivity index (χ4v) is 1.70. The van der Waals surface area contributed by atoms with Gasteiger partial charge in [-0.25, -0.2) is 9.18 Å². The van der Waals surface area contributed by atoms with E-state index in [4.69, 9.17) is 15.6 Å². The molecular weight excluding hydrogens is 263 g/mol. The van der Waals surface area contributed by atoms with Gasteiger partial charge in [-0.05, 0) is 36.4 Å². The minimum absolute atomic E-state index is 0.0433. The number of rotatable bonds is 4. The summed E-state index contributed by atoms with van der Waals surface area (Å²) in [7, 11) is 1.54. The summed E-state index contributed by atoms with van der Waals surface area (Å²) in [5.41, 5.74) is 5.84. The predicted octanol–water partition coefficient (Wildman–Crippen LogP) is 2.86. The van der Waals surface area contributed by atoms with E-state index in [1.807, 2.05) is 0 Å². The number of halogens is 1. The van der Waals surface area contributed by atoms with Crippen LogP contribution in [0.3, 0.4) is 0 Å². The van der Waals surface area contributed by atoms with Crippen molar-refractivity contribution in [3.05, 3.63) is 47.8 Å². The molecule has 0 saturated carbocycles. The number of hydrogen-bond acceptors (Lipinski definition) is 4. The van der Waals surface area contributed by atoms with Crippen molar-refractivity contribution in [3.63, 3.8) is 0 Å². The van der Waals surface area contributed by atoms with Gasteiger partial charge in [0.05, 0.1) is 18.4 Å². The minimum atomic E-state index is -1.21. The van der Waals surface area contributed by atoms with Crippen LogP contribution in [0.4, 0.5) is 21.5 Å². The molecule has 0 radical (unpaired) electrons. The van der Waals surface area contributed by atoms with Crippen LogP contribution in [0.15, 0.2) is 36.4 Å². The molecule has 2 aromatic carbocycles. The highest BCUT2D eigenvalue weighted by Crippen LogP contribution is 2.26. The van der Waals surface area contributed by atoms with E-state index in [1.165, 1.54) is 0 Å². The molecule has 0 aliphatic carbocycles. The zero-order chi connectivity index (χ0) is 14.7. The maximum atomic E-state index is 13.8. The lowest BCUT2D eigenvalue weighted by molar-refractivity contribution is 0.0698. The Bertz CT molecular complexity index is 642. The number of nitrogen functional groups attached to an aromatic ring is 1. The Morgan fingerprint density at radius 3 is 2.50 bits per heavy atom. The number of nitrogens with one attached hydrogen (secondary N) is 1. The zero-order valence-corrected chi connectivity index (χ0v) is 10.7. The Hall–Kier alpha value is -2.76. The number of nitrogens with two attached hydrogens (primary N) is 1. The summed E-state index contributed by atoms with van der Waals surface area (Å²) in [6.07, 6.45) is 0. The van der Waals surface area contributed by atoms with Gasteiger partial charge in [0, 0.05) is 11.4 Å². The molecule has 0 heterocycles. The highest BCUT2D eigenvalue weighted by atomic mass is 19.1. The molecule has 0 fully saturated rings. The monoisotopic (exact) mass is 276 g/mol. The fourth-order valence-electron chi connectivity index (χ4n) is 1.70. The van der Waals surface area contributed by atoms with E-state index in [0.29, 0.717) is 11.4 Å². The number of aromatic carboxylic acids is 1. The molecule has 2 rings (SSSR count). The van der Waals surface area contributed by atoms with Crippen LogP contribution in [0.25, 0.3) is 0 Å². The van der Waals surface area contributed by atoms with E-state index in [2.05, 4.69) is 5.32 Å². The Kier molecular flexibility index (Phi) is 3.74. The number of carboxylic acid groups (broad SMARTS) is 1. The van der Waals surface area contributed by atoms with Gasteiger partial charge in [-0.15, -0.1) is 0 Å². The molecule has 104 valence electrons. The first-order chi connectivity index (χ1) is 9.51. The van der Waals surface area contributed by atoms with Crippen LogP contribution in [0.2, 0.25) is 0 Å². The van der Waals surface area contributed by atoms with Crippen molar-refractivity contribution in [2.24, 2.45) is 0 Å². The molecule has 0 aliphatic rings. The van der Waals surface area contributed by atoms with Crippen molar-refractivity contribution in [3.8, 4) is 5.75 Å². The number of carboxylic acids is 1. The lowest BCUT2D eigenvalue weighted by Gasteiger charge is -2.10. The molecule has 20 heavy (non-hydrogen) atoms. The molecule has 4 N–H and O–H groups in total.